The maximum Gasteiger partial charge on any atom is 0.244 e. The van der Waals surface area contributed by atoms with Crippen molar-refractivity contribution in [2.24, 2.45) is 5.73 Å². The number of nitrogens with zero attached hydrogens (tertiary/aromatic N) is 1. The molecule has 0 saturated heterocycles. The lowest BCUT2D eigenvalue weighted by molar-refractivity contribution is -0.121. The fraction of sp³-hybridized carbons (Fsp3) is 0.208. The minimum absolute atomic E-state index is 0.00619. The molecule has 0 spiro atoms. The van der Waals surface area contributed by atoms with E-state index in [9.17, 15) is 13.2 Å². The maximum absolute atomic E-state index is 13.7. The van der Waals surface area contributed by atoms with Gasteiger partial charge in [0, 0.05) is 11.6 Å². The molecule has 1 amide bonds. The summed E-state index contributed by atoms with van der Waals surface area (Å²) in [5.41, 5.74) is 7.11. The van der Waals surface area contributed by atoms with Gasteiger partial charge in [0.2, 0.25) is 15.9 Å². The van der Waals surface area contributed by atoms with Crippen molar-refractivity contribution in [3.8, 4) is 11.5 Å². The molecule has 0 heterocycles. The molecule has 0 radical (unpaired) electrons. The number of carbonyl (C=O) groups excluding carboxylic acids is 1. The van der Waals surface area contributed by atoms with Crippen molar-refractivity contribution < 1.29 is 22.7 Å². The number of hydrogen-bond donors (Lipinski definition) is 1. The van der Waals surface area contributed by atoms with Crippen LogP contribution in [0, 0.1) is 0 Å². The Morgan fingerprint density at radius 3 is 2.15 bits per heavy atom. The van der Waals surface area contributed by atoms with Crippen LogP contribution in [0.5, 0.6) is 11.5 Å². The van der Waals surface area contributed by atoms with Crippen LogP contribution < -0.4 is 15.2 Å². The number of benzene rings is 3. The van der Waals surface area contributed by atoms with Gasteiger partial charge in [0.1, 0.15) is 6.04 Å². The molecule has 0 aliphatic heterocycles. The molecular formula is C24H25ClN2O5S. The molecule has 174 valence electrons. The number of halogens is 1. The number of amides is 1. The number of hydrogen-bond acceptors (Lipinski definition) is 5. The molecule has 3 aromatic carbocycles. The highest BCUT2D eigenvalue weighted by molar-refractivity contribution is 7.89. The van der Waals surface area contributed by atoms with E-state index in [4.69, 9.17) is 26.8 Å². The van der Waals surface area contributed by atoms with Gasteiger partial charge in [0.05, 0.1) is 19.1 Å². The summed E-state index contributed by atoms with van der Waals surface area (Å²) in [4.78, 5) is 12.5. The first-order chi connectivity index (χ1) is 15.8. The van der Waals surface area contributed by atoms with E-state index in [1.54, 1.807) is 18.2 Å². The first-order valence-electron chi connectivity index (χ1n) is 10.1. The fourth-order valence-electron chi connectivity index (χ4n) is 3.45. The Balaban J connectivity index is 2.08. The normalized spacial score (nSPS) is 12.4. The summed E-state index contributed by atoms with van der Waals surface area (Å²) in [6.45, 7) is -0.105. The molecule has 3 aromatic rings. The van der Waals surface area contributed by atoms with Gasteiger partial charge in [0.25, 0.3) is 0 Å². The SMILES string of the molecule is COc1ccc(CN(C(Cc2ccccc2)C(N)=O)S(=O)(=O)c2ccc(Cl)cc2)cc1OC. The summed E-state index contributed by atoms with van der Waals surface area (Å²) < 4.78 is 39.1. The summed E-state index contributed by atoms with van der Waals surface area (Å²) in [6.07, 6.45) is 0.121. The zero-order valence-electron chi connectivity index (χ0n) is 18.3. The smallest absolute Gasteiger partial charge is 0.244 e. The first kappa shape index (κ1) is 24.6. The minimum Gasteiger partial charge on any atom is -0.493 e. The van der Waals surface area contributed by atoms with Crippen LogP contribution in [0.25, 0.3) is 0 Å². The standard InChI is InChI=1S/C24H25ClN2O5S/c1-31-22-13-8-18(15-23(22)32-2)16-27(33(29,30)20-11-9-19(25)10-12-20)21(24(26)28)14-17-6-4-3-5-7-17/h3-13,15,21H,14,16H2,1-2H3,(H2,26,28). The molecule has 0 bridgehead atoms. The Bertz CT molecular complexity index is 1200. The van der Waals surface area contributed by atoms with E-state index in [1.807, 2.05) is 30.3 Å². The predicted molar refractivity (Wildman–Crippen MR) is 127 cm³/mol. The van der Waals surface area contributed by atoms with Crippen LogP contribution in [0.2, 0.25) is 5.02 Å². The maximum atomic E-state index is 13.7. The molecule has 0 aromatic heterocycles. The van der Waals surface area contributed by atoms with Crippen LogP contribution >= 0.6 is 11.6 Å². The summed E-state index contributed by atoms with van der Waals surface area (Å²) >= 11 is 5.95. The Kier molecular flexibility index (Phi) is 7.97. The van der Waals surface area contributed by atoms with Crippen molar-refractivity contribution in [1.82, 2.24) is 4.31 Å². The molecule has 1 unspecified atom stereocenters. The average molecular weight is 489 g/mol. The van der Waals surface area contributed by atoms with Crippen LogP contribution in [0.3, 0.4) is 0 Å². The van der Waals surface area contributed by atoms with E-state index < -0.39 is 22.0 Å². The number of rotatable bonds is 10. The molecule has 0 aliphatic rings. The van der Waals surface area contributed by atoms with Crippen molar-refractivity contribution in [3.63, 3.8) is 0 Å². The Hall–Kier alpha value is -3.07. The molecular weight excluding hydrogens is 464 g/mol. The third kappa shape index (κ3) is 5.84. The number of nitrogens with two attached hydrogens (primary N) is 1. The van der Waals surface area contributed by atoms with Crippen LogP contribution in [0.15, 0.2) is 77.7 Å². The van der Waals surface area contributed by atoms with Crippen LogP contribution in [0.1, 0.15) is 11.1 Å². The molecule has 0 aliphatic carbocycles. The van der Waals surface area contributed by atoms with E-state index in [-0.39, 0.29) is 17.9 Å². The molecule has 3 rings (SSSR count). The van der Waals surface area contributed by atoms with Crippen LogP contribution in [-0.2, 0) is 27.8 Å². The zero-order valence-corrected chi connectivity index (χ0v) is 19.8. The van der Waals surface area contributed by atoms with Gasteiger partial charge < -0.3 is 15.2 Å². The van der Waals surface area contributed by atoms with Crippen LogP contribution in [-0.4, -0.2) is 38.9 Å². The lowest BCUT2D eigenvalue weighted by atomic mass is 10.0. The van der Waals surface area contributed by atoms with Crippen molar-refractivity contribution in [2.75, 3.05) is 14.2 Å². The highest BCUT2D eigenvalue weighted by Crippen LogP contribution is 2.30. The molecule has 1 atom stereocenters. The van der Waals surface area contributed by atoms with Gasteiger partial charge in [-0.2, -0.15) is 4.31 Å². The molecule has 9 heteroatoms. The average Bonchev–Trinajstić information content (AvgIpc) is 2.81. The summed E-state index contributed by atoms with van der Waals surface area (Å²) in [5, 5.41) is 0.399. The predicted octanol–water partition coefficient (Wildman–Crippen LogP) is 3.64. The van der Waals surface area contributed by atoms with Crippen molar-refractivity contribution >= 4 is 27.5 Å². The summed E-state index contributed by atoms with van der Waals surface area (Å²) in [7, 11) is -1.11. The third-order valence-electron chi connectivity index (χ3n) is 5.15. The summed E-state index contributed by atoms with van der Waals surface area (Å²) in [6, 6.07) is 18.8. The van der Waals surface area contributed by atoms with Gasteiger partial charge in [-0.15, -0.1) is 0 Å². The Morgan fingerprint density at radius 2 is 1.58 bits per heavy atom. The highest BCUT2D eigenvalue weighted by atomic mass is 35.5. The second kappa shape index (κ2) is 10.7. The summed E-state index contributed by atoms with van der Waals surface area (Å²) in [5.74, 6) is 0.193. The second-order valence-corrected chi connectivity index (χ2v) is 9.63. The molecule has 0 saturated carbocycles. The van der Waals surface area contributed by atoms with Crippen LogP contribution in [0.4, 0.5) is 0 Å². The minimum atomic E-state index is -4.11. The molecule has 0 fully saturated rings. The zero-order chi connectivity index (χ0) is 24.0. The molecule has 7 nitrogen and oxygen atoms in total. The quantitative estimate of drug-likeness (QED) is 0.469. The molecule has 33 heavy (non-hydrogen) atoms. The van der Waals surface area contributed by atoms with E-state index >= 15 is 0 Å². The van der Waals surface area contributed by atoms with E-state index in [0.717, 1.165) is 9.87 Å². The Labute approximate surface area is 198 Å². The van der Waals surface area contributed by atoms with Gasteiger partial charge in [-0.1, -0.05) is 48.0 Å². The van der Waals surface area contributed by atoms with Crippen molar-refractivity contribution in [3.05, 3.63) is 88.9 Å². The lowest BCUT2D eigenvalue weighted by Gasteiger charge is -2.29. The number of primary amides is 1. The number of ether oxygens (including phenoxy) is 2. The van der Waals surface area contributed by atoms with Crippen molar-refractivity contribution in [1.29, 1.82) is 0 Å². The van der Waals surface area contributed by atoms with Gasteiger partial charge in [-0.05, 0) is 53.9 Å². The van der Waals surface area contributed by atoms with Gasteiger partial charge in [-0.3, -0.25) is 4.79 Å². The fourth-order valence-corrected chi connectivity index (χ4v) is 5.15. The number of methoxy groups -OCH3 is 2. The van der Waals surface area contributed by atoms with Crippen molar-refractivity contribution in [2.45, 2.75) is 23.9 Å². The topological polar surface area (TPSA) is 98.9 Å². The monoisotopic (exact) mass is 488 g/mol. The highest BCUT2D eigenvalue weighted by Gasteiger charge is 2.35. The largest absolute Gasteiger partial charge is 0.493 e. The number of carbonyl (C=O) groups is 1. The number of sulfonamides is 1. The third-order valence-corrected chi connectivity index (χ3v) is 7.28. The van der Waals surface area contributed by atoms with Gasteiger partial charge in [-0.25, -0.2) is 8.42 Å². The van der Waals surface area contributed by atoms with E-state index in [1.165, 1.54) is 38.5 Å². The Morgan fingerprint density at radius 1 is 0.939 bits per heavy atom. The van der Waals surface area contributed by atoms with Gasteiger partial charge in [0.15, 0.2) is 11.5 Å². The van der Waals surface area contributed by atoms with E-state index in [0.29, 0.717) is 22.1 Å². The lowest BCUT2D eigenvalue weighted by Crippen LogP contribution is -2.48. The van der Waals surface area contributed by atoms with Gasteiger partial charge >= 0.3 is 0 Å². The molecule has 2 N–H and O–H groups in total. The first-order valence-corrected chi connectivity index (χ1v) is 11.9. The second-order valence-electron chi connectivity index (χ2n) is 7.30. The van der Waals surface area contributed by atoms with E-state index in [2.05, 4.69) is 0 Å².